The van der Waals surface area contributed by atoms with Gasteiger partial charge in [-0.25, -0.2) is 5.43 Å². The summed E-state index contributed by atoms with van der Waals surface area (Å²) in [7, 11) is 0. The summed E-state index contributed by atoms with van der Waals surface area (Å²) in [6.07, 6.45) is 1.02. The van der Waals surface area contributed by atoms with Gasteiger partial charge in [-0.05, 0) is 98.5 Å². The molecule has 2 atom stereocenters. The van der Waals surface area contributed by atoms with Crippen LogP contribution in [0.2, 0.25) is 10.0 Å². The van der Waals surface area contributed by atoms with Crippen molar-refractivity contribution in [2.24, 2.45) is 11.0 Å². The lowest BCUT2D eigenvalue weighted by molar-refractivity contribution is -0.132. The van der Waals surface area contributed by atoms with Crippen LogP contribution < -0.4 is 25.0 Å². The lowest BCUT2D eigenvalue weighted by atomic mass is 10.0. The Morgan fingerprint density at radius 1 is 1.03 bits per heavy atom. The lowest BCUT2D eigenvalue weighted by Gasteiger charge is -2.22. The molecule has 0 spiro atoms. The van der Waals surface area contributed by atoms with Crippen molar-refractivity contribution in [3.8, 4) is 17.2 Å². The highest BCUT2D eigenvalue weighted by Gasteiger charge is 2.25. The summed E-state index contributed by atoms with van der Waals surface area (Å²) in [6, 6.07) is 7.59. The van der Waals surface area contributed by atoms with Gasteiger partial charge in [-0.15, -0.1) is 0 Å². The van der Waals surface area contributed by atoms with Gasteiger partial charge in [0.2, 0.25) is 0 Å². The number of carbonyl (C=O) groups is 2. The second-order valence-corrected chi connectivity index (χ2v) is 11.2. The predicted octanol–water partition coefficient (Wildman–Crippen LogP) is 6.23. The third kappa shape index (κ3) is 10.1. The normalized spacial score (nSPS) is 12.9. The van der Waals surface area contributed by atoms with Crippen LogP contribution in [-0.4, -0.2) is 42.9 Å². The number of nitrogens with one attached hydrogen (secondary N) is 2. The van der Waals surface area contributed by atoms with Crippen LogP contribution in [0.1, 0.15) is 53.5 Å². The molecule has 0 aliphatic rings. The third-order valence-corrected chi connectivity index (χ3v) is 6.31. The molecule has 208 valence electrons. The highest BCUT2D eigenvalue weighted by molar-refractivity contribution is 14.1. The Morgan fingerprint density at radius 2 is 1.74 bits per heavy atom. The number of hydrogen-bond acceptors (Lipinski definition) is 6. The molecule has 2 aromatic rings. The topological polar surface area (TPSA) is 98.2 Å². The van der Waals surface area contributed by atoms with E-state index in [1.165, 1.54) is 12.3 Å². The minimum atomic E-state index is -0.898. The first kappa shape index (κ1) is 32.0. The van der Waals surface area contributed by atoms with Crippen LogP contribution in [0, 0.1) is 9.49 Å². The minimum Gasteiger partial charge on any atom is -0.490 e. The zero-order valence-electron chi connectivity index (χ0n) is 22.3. The quantitative estimate of drug-likeness (QED) is 0.149. The Bertz CT molecular complexity index is 1140. The molecule has 0 aliphatic heterocycles. The van der Waals surface area contributed by atoms with E-state index in [1.54, 1.807) is 25.1 Å². The Hall–Kier alpha value is -2.24. The molecule has 8 nitrogen and oxygen atoms in total. The number of nitrogens with zero attached hydrogens (tertiary/aromatic N) is 1. The summed E-state index contributed by atoms with van der Waals surface area (Å²) in [5.74, 6) is 0.817. The van der Waals surface area contributed by atoms with E-state index in [4.69, 9.17) is 37.4 Å². The van der Waals surface area contributed by atoms with Gasteiger partial charge in [0.1, 0.15) is 11.8 Å². The number of carbonyl (C=O) groups excluding carboxylic acids is 2. The fourth-order valence-electron chi connectivity index (χ4n) is 3.33. The summed E-state index contributed by atoms with van der Waals surface area (Å²) < 4.78 is 18.2. The zero-order chi connectivity index (χ0) is 28.4. The molecular weight excluding hydrogens is 644 g/mol. The molecule has 11 heteroatoms. The molecule has 38 heavy (non-hydrogen) atoms. The number of benzene rings is 2. The van der Waals surface area contributed by atoms with Gasteiger partial charge >= 0.3 is 0 Å². The van der Waals surface area contributed by atoms with E-state index in [9.17, 15) is 9.59 Å². The Labute approximate surface area is 247 Å². The lowest BCUT2D eigenvalue weighted by Crippen LogP contribution is -2.49. The van der Waals surface area contributed by atoms with Crippen LogP contribution in [0.15, 0.2) is 35.4 Å². The number of halogens is 3. The van der Waals surface area contributed by atoms with Gasteiger partial charge in [0.25, 0.3) is 11.8 Å². The van der Waals surface area contributed by atoms with Crippen molar-refractivity contribution < 1.29 is 23.8 Å². The van der Waals surface area contributed by atoms with Crippen LogP contribution in [-0.2, 0) is 9.59 Å². The number of hydrogen-bond donors (Lipinski definition) is 2. The first-order valence-corrected chi connectivity index (χ1v) is 14.1. The van der Waals surface area contributed by atoms with Crippen molar-refractivity contribution in [3.05, 3.63) is 49.5 Å². The van der Waals surface area contributed by atoms with E-state index in [0.717, 1.165) is 9.13 Å². The number of hydrazone groups is 1. The zero-order valence-corrected chi connectivity index (χ0v) is 26.0. The maximum atomic E-state index is 12.9. The molecule has 0 saturated carbocycles. The fourth-order valence-corrected chi connectivity index (χ4v) is 4.54. The molecule has 0 radical (unpaired) electrons. The van der Waals surface area contributed by atoms with Crippen molar-refractivity contribution in [1.29, 1.82) is 0 Å². The number of amides is 2. The highest BCUT2D eigenvalue weighted by Crippen LogP contribution is 2.34. The SMILES string of the molecule is CCOc1cc(/C=N\NC(=O)[C@@H](CC(C)C)NC(=O)[C@@H](C)Oc2ccc(Cl)cc2Cl)cc(I)c1OC(C)C. The smallest absolute Gasteiger partial charge is 0.262 e. The van der Waals surface area contributed by atoms with Crippen molar-refractivity contribution in [2.75, 3.05) is 6.61 Å². The molecule has 0 aliphatic carbocycles. The van der Waals surface area contributed by atoms with Gasteiger partial charge in [0.05, 0.1) is 27.5 Å². The largest absolute Gasteiger partial charge is 0.490 e. The summed E-state index contributed by atoms with van der Waals surface area (Å²) in [4.78, 5) is 25.7. The van der Waals surface area contributed by atoms with E-state index < -0.39 is 24.0 Å². The number of rotatable bonds is 13. The van der Waals surface area contributed by atoms with Crippen LogP contribution in [0.4, 0.5) is 0 Å². The standard InChI is InChI=1S/C27H34Cl2IN3O5/c1-7-36-24-12-18(11-21(30)25(24)37-16(4)5)14-31-33-27(35)22(10-15(2)3)32-26(34)17(6)38-23-9-8-19(28)13-20(23)29/h8-9,11-17,22H,7,10H2,1-6H3,(H,32,34)(H,33,35)/b31-14-/t17-,22-/m1/s1. The average molecular weight is 678 g/mol. The summed E-state index contributed by atoms with van der Waals surface area (Å²) >= 11 is 14.2. The molecule has 0 aromatic heterocycles. The van der Waals surface area contributed by atoms with E-state index in [-0.39, 0.29) is 17.0 Å². The molecule has 2 aromatic carbocycles. The van der Waals surface area contributed by atoms with Gasteiger partial charge in [-0.1, -0.05) is 37.0 Å². The van der Waals surface area contributed by atoms with E-state index in [0.29, 0.717) is 35.3 Å². The second-order valence-electron chi connectivity index (χ2n) is 9.19. The molecule has 0 saturated heterocycles. The van der Waals surface area contributed by atoms with E-state index >= 15 is 0 Å². The fraction of sp³-hybridized carbons (Fsp3) is 0.444. The maximum Gasteiger partial charge on any atom is 0.262 e. The van der Waals surface area contributed by atoms with Gasteiger partial charge in [0.15, 0.2) is 17.6 Å². The van der Waals surface area contributed by atoms with E-state index in [2.05, 4.69) is 38.4 Å². The van der Waals surface area contributed by atoms with Gasteiger partial charge in [-0.3, -0.25) is 9.59 Å². The first-order chi connectivity index (χ1) is 17.9. The summed E-state index contributed by atoms with van der Waals surface area (Å²) in [5.41, 5.74) is 3.25. The van der Waals surface area contributed by atoms with Crippen LogP contribution >= 0.6 is 45.8 Å². The monoisotopic (exact) mass is 677 g/mol. The van der Waals surface area contributed by atoms with Crippen LogP contribution in [0.5, 0.6) is 17.2 Å². The molecule has 2 rings (SSSR count). The van der Waals surface area contributed by atoms with E-state index in [1.807, 2.05) is 40.7 Å². The molecule has 0 unspecified atom stereocenters. The second kappa shape index (κ2) is 15.4. The van der Waals surface area contributed by atoms with Crippen LogP contribution in [0.3, 0.4) is 0 Å². The van der Waals surface area contributed by atoms with Gasteiger partial charge in [-0.2, -0.15) is 5.10 Å². The predicted molar refractivity (Wildman–Crippen MR) is 160 cm³/mol. The third-order valence-electron chi connectivity index (χ3n) is 4.98. The van der Waals surface area contributed by atoms with Crippen molar-refractivity contribution in [3.63, 3.8) is 0 Å². The summed E-state index contributed by atoms with van der Waals surface area (Å²) in [6.45, 7) is 11.8. The van der Waals surface area contributed by atoms with Crippen molar-refractivity contribution >= 4 is 63.8 Å². The molecular formula is C27H34Cl2IN3O5. The Balaban J connectivity index is 2.09. The molecule has 2 N–H and O–H groups in total. The van der Waals surface area contributed by atoms with Gasteiger partial charge < -0.3 is 19.5 Å². The Morgan fingerprint density at radius 3 is 2.34 bits per heavy atom. The average Bonchev–Trinajstić information content (AvgIpc) is 2.82. The first-order valence-electron chi connectivity index (χ1n) is 12.3. The maximum absolute atomic E-state index is 12.9. The molecule has 0 heterocycles. The minimum absolute atomic E-state index is 0.00840. The highest BCUT2D eigenvalue weighted by atomic mass is 127. The summed E-state index contributed by atoms with van der Waals surface area (Å²) in [5, 5.41) is 7.60. The number of ether oxygens (including phenoxy) is 3. The van der Waals surface area contributed by atoms with Crippen molar-refractivity contribution in [2.45, 2.75) is 66.2 Å². The molecule has 2 amide bonds. The van der Waals surface area contributed by atoms with Crippen LogP contribution in [0.25, 0.3) is 0 Å². The molecule has 0 bridgehead atoms. The van der Waals surface area contributed by atoms with Gasteiger partial charge in [0, 0.05) is 5.02 Å². The Kier molecular flexibility index (Phi) is 12.9. The van der Waals surface area contributed by atoms with Crippen molar-refractivity contribution in [1.82, 2.24) is 10.7 Å². The molecule has 0 fully saturated rings.